The molecule has 0 spiro atoms. The van der Waals surface area contributed by atoms with Crippen LogP contribution >= 0.6 is 31.9 Å². The van der Waals surface area contributed by atoms with Gasteiger partial charge in [0.25, 0.3) is 0 Å². The van der Waals surface area contributed by atoms with Gasteiger partial charge in [-0.25, -0.2) is 0 Å². The van der Waals surface area contributed by atoms with Gasteiger partial charge in [0, 0.05) is 10.9 Å². The Hall–Kier alpha value is -1.63. The quantitative estimate of drug-likeness (QED) is 0.564. The van der Waals surface area contributed by atoms with E-state index in [0.29, 0.717) is 14.3 Å². The third-order valence-electron chi connectivity index (χ3n) is 3.39. The lowest BCUT2D eigenvalue weighted by Crippen LogP contribution is -2.06. The van der Waals surface area contributed by atoms with Gasteiger partial charge in [-0.2, -0.15) is 0 Å². The van der Waals surface area contributed by atoms with E-state index < -0.39 is 11.9 Å². The minimum absolute atomic E-state index is 0.0309. The number of para-hydroxylation sites is 1. The van der Waals surface area contributed by atoms with E-state index in [-0.39, 0.29) is 40.3 Å². The zero-order valence-corrected chi connectivity index (χ0v) is 15.0. The van der Waals surface area contributed by atoms with Crippen LogP contribution in [0, 0.1) is 0 Å². The van der Waals surface area contributed by atoms with Crippen LogP contribution in [0.4, 0.5) is 0 Å². The van der Waals surface area contributed by atoms with Crippen molar-refractivity contribution in [3.8, 4) is 5.75 Å². The Morgan fingerprint density at radius 3 is 2.48 bits per heavy atom. The Morgan fingerprint density at radius 1 is 1.26 bits per heavy atom. The second-order valence-corrected chi connectivity index (χ2v) is 6.70. The van der Waals surface area contributed by atoms with E-state index in [1.165, 1.54) is 31.2 Å². The molecule has 1 heterocycles. The first-order valence-electron chi connectivity index (χ1n) is 7.65. The fraction of sp³-hybridized carbons (Fsp3) is 0.118. The third-order valence-corrected chi connectivity index (χ3v) is 4.60. The number of aliphatic hydroxyl groups is 1. The van der Waals surface area contributed by atoms with Crippen molar-refractivity contribution in [3.05, 3.63) is 62.2 Å². The Bertz CT molecular complexity index is 989. The maximum absolute atomic E-state index is 13.1. The number of phenolic OH excluding ortho intramolecular Hbond substituents is 1. The molecule has 0 radical (unpaired) electrons. The zero-order valence-electron chi connectivity index (χ0n) is 13.9. The number of carbonyl (C=O) groups is 1. The van der Waals surface area contributed by atoms with Crippen molar-refractivity contribution in [3.63, 3.8) is 0 Å². The van der Waals surface area contributed by atoms with Gasteiger partial charge in [0.15, 0.2) is 5.78 Å². The fourth-order valence-electron chi connectivity index (χ4n) is 2.32. The Balaban J connectivity index is 2.28. The third kappa shape index (κ3) is 2.82. The van der Waals surface area contributed by atoms with Crippen LogP contribution in [0.5, 0.6) is 5.75 Å². The molecule has 3 aromatic rings. The van der Waals surface area contributed by atoms with Gasteiger partial charge < -0.3 is 14.6 Å². The number of phenols is 1. The molecule has 3 rings (SSSR count). The molecule has 0 aliphatic rings. The van der Waals surface area contributed by atoms with Crippen molar-refractivity contribution in [2.24, 2.45) is 0 Å². The molecule has 1 atom stereocenters. The summed E-state index contributed by atoms with van der Waals surface area (Å²) in [7, 11) is 0. The number of carbonyl (C=O) groups excluding carboxylic acids is 1. The minimum Gasteiger partial charge on any atom is -0.506 e. The van der Waals surface area contributed by atoms with E-state index >= 15 is 0 Å². The van der Waals surface area contributed by atoms with Crippen LogP contribution in [0.15, 0.2) is 49.7 Å². The van der Waals surface area contributed by atoms with Crippen molar-refractivity contribution < 1.29 is 22.2 Å². The molecule has 0 saturated carbocycles. The fourth-order valence-corrected chi connectivity index (χ4v) is 3.51. The first-order chi connectivity index (χ1) is 11.7. The summed E-state index contributed by atoms with van der Waals surface area (Å²) in [5.41, 5.74) is 0.669. The normalized spacial score (nSPS) is 13.7. The zero-order chi connectivity index (χ0) is 18.5. The highest BCUT2D eigenvalue weighted by Crippen LogP contribution is 2.36. The molecule has 0 amide bonds. The van der Waals surface area contributed by atoms with Crippen LogP contribution in [-0.4, -0.2) is 16.0 Å². The molecular weight excluding hydrogens is 428 g/mol. The highest BCUT2D eigenvalue weighted by Gasteiger charge is 2.25. The van der Waals surface area contributed by atoms with E-state index in [1.54, 1.807) is 0 Å². The molecule has 0 aliphatic heterocycles. The highest BCUT2D eigenvalue weighted by molar-refractivity contribution is 9.11. The maximum atomic E-state index is 13.1. The summed E-state index contributed by atoms with van der Waals surface area (Å²) in [6.07, 6.45) is -1.04. The molecule has 118 valence electrons. The van der Waals surface area contributed by atoms with E-state index in [0.717, 1.165) is 0 Å². The summed E-state index contributed by atoms with van der Waals surface area (Å²) >= 11 is 6.37. The van der Waals surface area contributed by atoms with E-state index in [2.05, 4.69) is 31.9 Å². The molecule has 1 unspecified atom stereocenters. The summed E-state index contributed by atoms with van der Waals surface area (Å²) in [5.74, 6) is -0.379. The van der Waals surface area contributed by atoms with Gasteiger partial charge in [-0.05, 0) is 57.0 Å². The molecule has 0 bridgehead atoms. The number of hydrogen-bond donors (Lipinski definition) is 2. The standard InChI is InChI=1S/C17H12Br2O4/c1-8(20)17-14(10-4-2-3-5-13(10)23-17)15(21)9-6-11(18)16(22)12(19)7-9/h2-8,20,22H,1H3/i2D,3D. The van der Waals surface area contributed by atoms with Gasteiger partial charge in [-0.1, -0.05) is 18.2 Å². The number of furan rings is 1. The van der Waals surface area contributed by atoms with Crippen LogP contribution < -0.4 is 0 Å². The molecule has 0 saturated heterocycles. The molecule has 2 N–H and O–H groups in total. The Kier molecular flexibility index (Phi) is 3.66. The summed E-state index contributed by atoms with van der Waals surface area (Å²) in [5, 5.41) is 20.2. The lowest BCUT2D eigenvalue weighted by atomic mass is 9.98. The van der Waals surface area contributed by atoms with E-state index in [4.69, 9.17) is 7.16 Å². The smallest absolute Gasteiger partial charge is 0.197 e. The van der Waals surface area contributed by atoms with Crippen LogP contribution in [0.25, 0.3) is 11.0 Å². The molecular formula is C17H12Br2O4. The topological polar surface area (TPSA) is 70.7 Å². The van der Waals surface area contributed by atoms with Gasteiger partial charge in [-0.3, -0.25) is 4.79 Å². The van der Waals surface area contributed by atoms with Crippen LogP contribution in [-0.2, 0) is 0 Å². The molecule has 0 aliphatic carbocycles. The largest absolute Gasteiger partial charge is 0.506 e. The summed E-state index contributed by atoms with van der Waals surface area (Å²) in [6.45, 7) is 1.47. The van der Waals surface area contributed by atoms with Gasteiger partial charge in [0.1, 0.15) is 23.2 Å². The molecule has 23 heavy (non-hydrogen) atoms. The number of fused-ring (bicyclic) bond motifs is 1. The lowest BCUT2D eigenvalue weighted by Gasteiger charge is -2.07. The van der Waals surface area contributed by atoms with Crippen molar-refractivity contribution in [1.82, 2.24) is 0 Å². The Morgan fingerprint density at radius 2 is 1.87 bits per heavy atom. The van der Waals surface area contributed by atoms with E-state index in [1.807, 2.05) is 0 Å². The number of hydrogen-bond acceptors (Lipinski definition) is 4. The van der Waals surface area contributed by atoms with Crippen molar-refractivity contribution in [2.75, 3.05) is 0 Å². The number of rotatable bonds is 3. The van der Waals surface area contributed by atoms with Crippen LogP contribution in [0.3, 0.4) is 0 Å². The summed E-state index contributed by atoms with van der Waals surface area (Å²) in [6, 6.07) is 5.58. The SMILES string of the molecule is [2H]c1cc2oc(C(C)O)c(C(=O)c3cc(Br)c(O)c(Br)c3)c2cc1[2H]. The monoisotopic (exact) mass is 440 g/mol. The van der Waals surface area contributed by atoms with Gasteiger partial charge in [0.05, 0.1) is 17.3 Å². The lowest BCUT2D eigenvalue weighted by molar-refractivity contribution is 0.102. The van der Waals surface area contributed by atoms with Crippen LogP contribution in [0.1, 0.15) is 37.5 Å². The number of aromatic hydroxyl groups is 1. The number of aliphatic hydroxyl groups excluding tert-OH is 1. The average molecular weight is 442 g/mol. The second-order valence-electron chi connectivity index (χ2n) is 4.99. The summed E-state index contributed by atoms with van der Waals surface area (Å²) in [4.78, 5) is 13.1. The van der Waals surface area contributed by atoms with Crippen molar-refractivity contribution in [2.45, 2.75) is 13.0 Å². The van der Waals surface area contributed by atoms with Gasteiger partial charge in [0.2, 0.25) is 0 Å². The highest BCUT2D eigenvalue weighted by atomic mass is 79.9. The summed E-state index contributed by atoms with van der Waals surface area (Å²) < 4.78 is 21.8. The molecule has 4 nitrogen and oxygen atoms in total. The molecule has 6 heteroatoms. The van der Waals surface area contributed by atoms with Crippen LogP contribution in [0.2, 0.25) is 0 Å². The maximum Gasteiger partial charge on any atom is 0.197 e. The molecule has 2 aromatic carbocycles. The number of benzene rings is 2. The predicted molar refractivity (Wildman–Crippen MR) is 93.8 cm³/mol. The number of ketones is 1. The van der Waals surface area contributed by atoms with E-state index in [9.17, 15) is 15.0 Å². The van der Waals surface area contributed by atoms with Crippen molar-refractivity contribution >= 4 is 48.6 Å². The predicted octanol–water partition coefficient (Wildman–Crippen LogP) is 4.95. The average Bonchev–Trinajstić information content (AvgIpc) is 2.90. The first-order valence-corrected chi connectivity index (χ1v) is 8.23. The Labute approximate surface area is 151 Å². The number of halogens is 2. The molecule has 1 aromatic heterocycles. The second kappa shape index (κ2) is 6.11. The first kappa shape index (κ1) is 13.8. The van der Waals surface area contributed by atoms with Gasteiger partial charge in [-0.15, -0.1) is 0 Å². The van der Waals surface area contributed by atoms with Gasteiger partial charge >= 0.3 is 0 Å². The molecule has 0 fully saturated rings. The van der Waals surface area contributed by atoms with Crippen molar-refractivity contribution in [1.29, 1.82) is 0 Å². The minimum atomic E-state index is -1.04.